The van der Waals surface area contributed by atoms with E-state index in [9.17, 15) is 9.46 Å². The van der Waals surface area contributed by atoms with E-state index >= 15 is 0 Å². The molecule has 2 aromatic rings. The van der Waals surface area contributed by atoms with Gasteiger partial charge in [0.1, 0.15) is 5.78 Å². The molecule has 22 heavy (non-hydrogen) atoms. The SMILES string of the molecule is CCCCOP(=O)([O-])C(Nc1ccccc1)c1ccccc1. The average Bonchev–Trinajstić information content (AvgIpc) is 2.54. The average molecular weight is 318 g/mol. The van der Waals surface area contributed by atoms with E-state index in [-0.39, 0.29) is 6.61 Å². The second-order valence-corrected chi connectivity index (χ2v) is 6.90. The summed E-state index contributed by atoms with van der Waals surface area (Å²) in [6, 6.07) is 18.3. The summed E-state index contributed by atoms with van der Waals surface area (Å²) in [5.74, 6) is -0.895. The molecule has 5 heteroatoms. The molecule has 2 atom stereocenters. The lowest BCUT2D eigenvalue weighted by Crippen LogP contribution is -2.20. The van der Waals surface area contributed by atoms with Crippen LogP contribution in [0.25, 0.3) is 0 Å². The molecule has 2 unspecified atom stereocenters. The number of para-hydroxylation sites is 1. The first-order valence-electron chi connectivity index (χ1n) is 7.45. The Hall–Kier alpha value is -1.61. The van der Waals surface area contributed by atoms with Gasteiger partial charge in [0.05, 0.1) is 6.61 Å². The fourth-order valence-corrected chi connectivity index (χ4v) is 3.46. The van der Waals surface area contributed by atoms with E-state index in [2.05, 4.69) is 5.32 Å². The third-order valence-electron chi connectivity index (χ3n) is 3.28. The van der Waals surface area contributed by atoms with Gasteiger partial charge in [0.25, 0.3) is 0 Å². The van der Waals surface area contributed by atoms with Crippen molar-refractivity contribution in [3.8, 4) is 0 Å². The van der Waals surface area contributed by atoms with Crippen LogP contribution in [-0.2, 0) is 9.09 Å². The van der Waals surface area contributed by atoms with Gasteiger partial charge in [0.15, 0.2) is 7.60 Å². The van der Waals surface area contributed by atoms with Crippen LogP contribution in [0.3, 0.4) is 0 Å². The van der Waals surface area contributed by atoms with Gasteiger partial charge in [-0.05, 0) is 24.1 Å². The summed E-state index contributed by atoms with van der Waals surface area (Å²) in [7, 11) is -4.08. The van der Waals surface area contributed by atoms with Gasteiger partial charge in [-0.25, -0.2) is 0 Å². The number of rotatable bonds is 8. The zero-order chi connectivity index (χ0) is 15.8. The summed E-state index contributed by atoms with van der Waals surface area (Å²) in [6.07, 6.45) is 1.61. The lowest BCUT2D eigenvalue weighted by molar-refractivity contribution is -0.201. The van der Waals surface area contributed by atoms with Gasteiger partial charge >= 0.3 is 0 Å². The Bertz CT molecular complexity index is 604. The fraction of sp³-hybridized carbons (Fsp3) is 0.294. The van der Waals surface area contributed by atoms with Gasteiger partial charge in [-0.2, -0.15) is 0 Å². The molecule has 118 valence electrons. The zero-order valence-corrected chi connectivity index (χ0v) is 13.5. The van der Waals surface area contributed by atoms with Crippen molar-refractivity contribution in [2.45, 2.75) is 25.5 Å². The van der Waals surface area contributed by atoms with Gasteiger partial charge in [-0.3, -0.25) is 0 Å². The summed E-state index contributed by atoms with van der Waals surface area (Å²) < 4.78 is 17.7. The first-order valence-corrected chi connectivity index (χ1v) is 9.06. The van der Waals surface area contributed by atoms with E-state index in [0.29, 0.717) is 5.56 Å². The van der Waals surface area contributed by atoms with Crippen molar-refractivity contribution < 1.29 is 14.0 Å². The van der Waals surface area contributed by atoms with Crippen LogP contribution < -0.4 is 10.2 Å². The normalized spacial score (nSPS) is 15.0. The first-order chi connectivity index (χ1) is 10.6. The molecule has 0 aliphatic heterocycles. The molecule has 0 radical (unpaired) electrons. The van der Waals surface area contributed by atoms with Crippen LogP contribution in [0.4, 0.5) is 5.69 Å². The number of hydrogen-bond acceptors (Lipinski definition) is 4. The first kappa shape index (κ1) is 16.8. The van der Waals surface area contributed by atoms with Crippen molar-refractivity contribution >= 4 is 13.3 Å². The van der Waals surface area contributed by atoms with Crippen LogP contribution in [0.15, 0.2) is 60.7 Å². The molecule has 2 aromatic carbocycles. The molecule has 0 aliphatic carbocycles. The molecule has 0 bridgehead atoms. The smallest absolute Gasteiger partial charge is 0.161 e. The van der Waals surface area contributed by atoms with Crippen molar-refractivity contribution in [3.63, 3.8) is 0 Å². The van der Waals surface area contributed by atoms with Crippen LogP contribution >= 0.6 is 7.60 Å². The van der Waals surface area contributed by atoms with E-state index in [0.717, 1.165) is 18.5 Å². The lowest BCUT2D eigenvalue weighted by atomic mass is 10.2. The van der Waals surface area contributed by atoms with Crippen LogP contribution in [0.5, 0.6) is 0 Å². The Kier molecular flexibility index (Phi) is 6.20. The van der Waals surface area contributed by atoms with Crippen molar-refractivity contribution in [2.75, 3.05) is 11.9 Å². The highest BCUT2D eigenvalue weighted by atomic mass is 31.2. The molecule has 0 fully saturated rings. The van der Waals surface area contributed by atoms with Gasteiger partial charge in [0, 0.05) is 5.69 Å². The predicted molar refractivity (Wildman–Crippen MR) is 87.7 cm³/mol. The van der Waals surface area contributed by atoms with Gasteiger partial charge < -0.3 is 19.3 Å². The summed E-state index contributed by atoms with van der Waals surface area (Å²) in [5, 5.41) is 3.06. The van der Waals surface area contributed by atoms with E-state index in [4.69, 9.17) is 4.52 Å². The van der Waals surface area contributed by atoms with Gasteiger partial charge in [0.2, 0.25) is 0 Å². The summed E-state index contributed by atoms with van der Waals surface area (Å²) in [4.78, 5) is 12.6. The Balaban J connectivity index is 2.23. The third kappa shape index (κ3) is 4.70. The molecular weight excluding hydrogens is 297 g/mol. The number of nitrogens with one attached hydrogen (secondary N) is 1. The summed E-state index contributed by atoms with van der Waals surface area (Å²) >= 11 is 0. The third-order valence-corrected chi connectivity index (χ3v) is 4.88. The van der Waals surface area contributed by atoms with E-state index in [1.165, 1.54) is 0 Å². The van der Waals surface area contributed by atoms with Crippen molar-refractivity contribution in [2.24, 2.45) is 0 Å². The highest BCUT2D eigenvalue weighted by Gasteiger charge is 2.25. The summed E-state index contributed by atoms with van der Waals surface area (Å²) in [6.45, 7) is 2.22. The van der Waals surface area contributed by atoms with Crippen LogP contribution in [0.1, 0.15) is 31.1 Å². The topological polar surface area (TPSA) is 61.4 Å². The standard InChI is InChI=1S/C17H22NO3P/c1-2-3-14-21-22(19,20)17(15-10-6-4-7-11-15)18-16-12-8-5-9-13-16/h4-13,17-18H,2-3,14H2,1H3,(H,19,20)/p-1. The molecule has 2 rings (SSSR count). The van der Waals surface area contributed by atoms with Gasteiger partial charge in [-0.15, -0.1) is 0 Å². The Morgan fingerprint density at radius 3 is 2.27 bits per heavy atom. The molecule has 0 saturated carbocycles. The number of anilines is 1. The van der Waals surface area contributed by atoms with E-state index in [1.54, 1.807) is 12.1 Å². The largest absolute Gasteiger partial charge is 0.777 e. The minimum absolute atomic E-state index is 0.219. The molecule has 0 aliphatic rings. The Morgan fingerprint density at radius 2 is 1.68 bits per heavy atom. The number of benzene rings is 2. The van der Waals surface area contributed by atoms with Crippen molar-refractivity contribution in [3.05, 3.63) is 66.2 Å². The zero-order valence-electron chi connectivity index (χ0n) is 12.6. The second-order valence-electron chi connectivity index (χ2n) is 5.05. The van der Waals surface area contributed by atoms with E-state index in [1.807, 2.05) is 55.5 Å². The maximum absolute atomic E-state index is 12.6. The summed E-state index contributed by atoms with van der Waals surface area (Å²) in [5.41, 5.74) is 1.41. The maximum atomic E-state index is 12.6. The Morgan fingerprint density at radius 1 is 1.09 bits per heavy atom. The van der Waals surface area contributed by atoms with Crippen molar-refractivity contribution in [1.82, 2.24) is 0 Å². The highest BCUT2D eigenvalue weighted by molar-refractivity contribution is 7.51. The predicted octanol–water partition coefficient (Wildman–Crippen LogP) is 4.17. The molecular formula is C17H21NO3P-. The second kappa shape index (κ2) is 8.14. The van der Waals surface area contributed by atoms with Crippen LogP contribution in [0, 0.1) is 0 Å². The van der Waals surface area contributed by atoms with E-state index < -0.39 is 13.4 Å². The highest BCUT2D eigenvalue weighted by Crippen LogP contribution is 2.52. The molecule has 0 amide bonds. The fourth-order valence-electron chi connectivity index (χ4n) is 2.08. The molecule has 0 spiro atoms. The minimum atomic E-state index is -4.08. The molecule has 0 heterocycles. The van der Waals surface area contributed by atoms with Gasteiger partial charge in [-0.1, -0.05) is 61.9 Å². The van der Waals surface area contributed by atoms with Crippen LogP contribution in [-0.4, -0.2) is 6.61 Å². The Labute approximate surface area is 131 Å². The molecule has 1 N–H and O–H groups in total. The molecule has 0 aromatic heterocycles. The molecule has 4 nitrogen and oxygen atoms in total. The lowest BCUT2D eigenvalue weighted by Gasteiger charge is -2.33. The van der Waals surface area contributed by atoms with Crippen LogP contribution in [0.2, 0.25) is 0 Å². The minimum Gasteiger partial charge on any atom is -0.777 e. The number of hydrogen-bond donors (Lipinski definition) is 1. The monoisotopic (exact) mass is 318 g/mol. The maximum Gasteiger partial charge on any atom is 0.161 e. The number of unbranched alkanes of at least 4 members (excludes halogenated alkanes) is 1. The molecule has 0 saturated heterocycles. The van der Waals surface area contributed by atoms with Crippen molar-refractivity contribution in [1.29, 1.82) is 0 Å². The quantitative estimate of drug-likeness (QED) is 0.586.